The first kappa shape index (κ1) is 13.8. The first-order valence-electron chi connectivity index (χ1n) is 7.83. The molecule has 5 heteroatoms. The first-order chi connectivity index (χ1) is 10.6. The molecule has 116 valence electrons. The van der Waals surface area contributed by atoms with Gasteiger partial charge in [0.05, 0.1) is 13.2 Å². The van der Waals surface area contributed by atoms with Crippen LogP contribution in [0.25, 0.3) is 0 Å². The molecule has 1 aliphatic heterocycles. The van der Waals surface area contributed by atoms with Gasteiger partial charge in [-0.15, -0.1) is 0 Å². The predicted octanol–water partition coefficient (Wildman–Crippen LogP) is 1.20. The third-order valence-corrected chi connectivity index (χ3v) is 5.46. The van der Waals surface area contributed by atoms with E-state index in [0.717, 1.165) is 19.3 Å². The maximum Gasteiger partial charge on any atom is 0.328 e. The summed E-state index contributed by atoms with van der Waals surface area (Å²) < 4.78 is 5.22. The van der Waals surface area contributed by atoms with Crippen molar-refractivity contribution >= 4 is 11.9 Å². The van der Waals surface area contributed by atoms with E-state index in [2.05, 4.69) is 12.1 Å². The summed E-state index contributed by atoms with van der Waals surface area (Å²) in [5, 5.41) is 9.30. The van der Waals surface area contributed by atoms with Gasteiger partial charge < -0.3 is 14.7 Å². The average molecular weight is 301 g/mol. The molecule has 0 unspecified atom stereocenters. The van der Waals surface area contributed by atoms with Gasteiger partial charge >= 0.3 is 5.97 Å². The van der Waals surface area contributed by atoms with Gasteiger partial charge in [-0.3, -0.25) is 4.79 Å². The van der Waals surface area contributed by atoms with E-state index >= 15 is 0 Å². The van der Waals surface area contributed by atoms with E-state index in [1.54, 1.807) is 0 Å². The molecule has 1 aromatic carbocycles. The standard InChI is InChI=1S/C17H19NO4/c19-15(18-7-8-22-10-14(18)16(20)21)13-9-17(13)6-5-11-3-1-2-4-12(11)17/h1-4,13-14H,5-10H2,(H,20,21)/t13-,14-,17+/m0/s1. The Balaban J connectivity index is 1.57. The van der Waals surface area contributed by atoms with Crippen LogP contribution in [0.1, 0.15) is 24.0 Å². The number of aliphatic carboxylic acids is 1. The normalized spacial score (nSPS) is 32.8. The van der Waals surface area contributed by atoms with E-state index in [0.29, 0.717) is 13.2 Å². The topological polar surface area (TPSA) is 66.8 Å². The quantitative estimate of drug-likeness (QED) is 0.891. The number of carbonyl (C=O) groups excluding carboxylic acids is 1. The molecule has 0 radical (unpaired) electrons. The lowest BCUT2D eigenvalue weighted by atomic mass is 9.94. The highest BCUT2D eigenvalue weighted by Crippen LogP contribution is 2.62. The molecular formula is C17H19NO4. The number of aryl methyl sites for hydroxylation is 1. The molecule has 1 N–H and O–H groups in total. The third kappa shape index (κ3) is 1.88. The molecule has 3 aliphatic rings. The first-order valence-corrected chi connectivity index (χ1v) is 7.83. The van der Waals surface area contributed by atoms with Crippen LogP contribution in [0.4, 0.5) is 0 Å². The van der Waals surface area contributed by atoms with Crippen molar-refractivity contribution in [2.75, 3.05) is 19.8 Å². The van der Waals surface area contributed by atoms with Crippen molar-refractivity contribution in [3.63, 3.8) is 0 Å². The van der Waals surface area contributed by atoms with E-state index in [-0.39, 0.29) is 23.8 Å². The Morgan fingerprint density at radius 3 is 2.95 bits per heavy atom. The van der Waals surface area contributed by atoms with Gasteiger partial charge in [-0.05, 0) is 30.4 Å². The lowest BCUT2D eigenvalue weighted by Crippen LogP contribution is -2.53. The Morgan fingerprint density at radius 2 is 2.14 bits per heavy atom. The largest absolute Gasteiger partial charge is 0.480 e. The summed E-state index contributed by atoms with van der Waals surface area (Å²) in [6.45, 7) is 0.896. The van der Waals surface area contributed by atoms with Crippen LogP contribution in [0.5, 0.6) is 0 Å². The van der Waals surface area contributed by atoms with E-state index in [9.17, 15) is 14.7 Å². The molecule has 1 aromatic rings. The number of rotatable bonds is 2. The van der Waals surface area contributed by atoms with Crippen molar-refractivity contribution < 1.29 is 19.4 Å². The fourth-order valence-corrected chi connectivity index (χ4v) is 4.19. The van der Waals surface area contributed by atoms with Crippen molar-refractivity contribution in [2.45, 2.75) is 30.7 Å². The van der Waals surface area contributed by atoms with E-state index < -0.39 is 12.0 Å². The number of hydrogen-bond acceptors (Lipinski definition) is 3. The molecule has 1 saturated carbocycles. The van der Waals surface area contributed by atoms with Gasteiger partial charge in [0.2, 0.25) is 5.91 Å². The van der Waals surface area contributed by atoms with Gasteiger partial charge in [0, 0.05) is 17.9 Å². The molecule has 5 nitrogen and oxygen atoms in total. The second kappa shape index (κ2) is 4.81. The molecule has 1 saturated heterocycles. The molecule has 3 atom stereocenters. The summed E-state index contributed by atoms with van der Waals surface area (Å²) in [6.07, 6.45) is 2.88. The van der Waals surface area contributed by atoms with Crippen molar-refractivity contribution in [2.24, 2.45) is 5.92 Å². The number of carboxylic acid groups (broad SMARTS) is 1. The molecule has 1 spiro atoms. The summed E-state index contributed by atoms with van der Waals surface area (Å²) in [5.74, 6) is -1.04. The SMILES string of the molecule is O=C(O)[C@@H]1COCCN1C(=O)[C@@H]1C[C@@]12CCc1ccccc12. The fourth-order valence-electron chi connectivity index (χ4n) is 4.19. The number of ether oxygens (including phenoxy) is 1. The molecule has 22 heavy (non-hydrogen) atoms. The summed E-state index contributed by atoms with van der Waals surface area (Å²) in [5.41, 5.74) is 2.61. The predicted molar refractivity (Wildman–Crippen MR) is 78.5 cm³/mol. The number of amides is 1. The summed E-state index contributed by atoms with van der Waals surface area (Å²) >= 11 is 0. The van der Waals surface area contributed by atoms with Gasteiger partial charge in [-0.25, -0.2) is 4.79 Å². The van der Waals surface area contributed by atoms with Crippen molar-refractivity contribution in [3.05, 3.63) is 35.4 Å². The number of fused-ring (bicyclic) bond motifs is 2. The number of carboxylic acids is 1. The van der Waals surface area contributed by atoms with Crippen molar-refractivity contribution in [1.29, 1.82) is 0 Å². The summed E-state index contributed by atoms with van der Waals surface area (Å²) in [7, 11) is 0. The number of hydrogen-bond donors (Lipinski definition) is 1. The fraction of sp³-hybridized carbons (Fsp3) is 0.529. The van der Waals surface area contributed by atoms with Crippen LogP contribution in [0, 0.1) is 5.92 Å². The summed E-state index contributed by atoms with van der Waals surface area (Å²) in [6, 6.07) is 7.50. The smallest absolute Gasteiger partial charge is 0.328 e. The van der Waals surface area contributed by atoms with Crippen LogP contribution in [-0.4, -0.2) is 47.7 Å². The Labute approximate surface area is 128 Å². The molecule has 0 bridgehead atoms. The van der Waals surface area contributed by atoms with Crippen molar-refractivity contribution in [1.82, 2.24) is 4.90 Å². The van der Waals surface area contributed by atoms with E-state index in [4.69, 9.17) is 4.74 Å². The highest BCUT2D eigenvalue weighted by Gasteiger charge is 2.62. The van der Waals surface area contributed by atoms with Crippen LogP contribution in [-0.2, 0) is 26.2 Å². The van der Waals surface area contributed by atoms with Gasteiger partial charge in [0.1, 0.15) is 0 Å². The van der Waals surface area contributed by atoms with Crippen molar-refractivity contribution in [3.8, 4) is 0 Å². The van der Waals surface area contributed by atoms with Gasteiger partial charge in [-0.2, -0.15) is 0 Å². The highest BCUT2D eigenvalue weighted by molar-refractivity contribution is 5.89. The Bertz CT molecular complexity index is 643. The van der Waals surface area contributed by atoms with Gasteiger partial charge in [0.25, 0.3) is 0 Å². The minimum Gasteiger partial charge on any atom is -0.480 e. The maximum absolute atomic E-state index is 12.9. The number of nitrogens with zero attached hydrogens (tertiary/aromatic N) is 1. The minimum absolute atomic E-state index is 0.00703. The monoisotopic (exact) mass is 301 g/mol. The third-order valence-electron chi connectivity index (χ3n) is 5.46. The Hall–Kier alpha value is -1.88. The summed E-state index contributed by atoms with van der Waals surface area (Å²) in [4.78, 5) is 25.7. The second-order valence-electron chi connectivity index (χ2n) is 6.53. The average Bonchev–Trinajstić information content (AvgIpc) is 3.16. The number of morpholine rings is 1. The zero-order valence-corrected chi connectivity index (χ0v) is 12.3. The zero-order valence-electron chi connectivity index (χ0n) is 12.3. The minimum atomic E-state index is -0.977. The molecule has 1 heterocycles. The Kier molecular flexibility index (Phi) is 3.01. The second-order valence-corrected chi connectivity index (χ2v) is 6.53. The highest BCUT2D eigenvalue weighted by atomic mass is 16.5. The van der Waals surface area contributed by atoms with Gasteiger partial charge in [-0.1, -0.05) is 24.3 Å². The lowest BCUT2D eigenvalue weighted by Gasteiger charge is -2.33. The zero-order chi connectivity index (χ0) is 15.3. The van der Waals surface area contributed by atoms with Crippen LogP contribution < -0.4 is 0 Å². The molecule has 2 fully saturated rings. The lowest BCUT2D eigenvalue weighted by molar-refractivity contribution is -0.159. The molecular weight excluding hydrogens is 282 g/mol. The van der Waals surface area contributed by atoms with E-state index in [1.807, 2.05) is 12.1 Å². The van der Waals surface area contributed by atoms with Crippen LogP contribution in [0.2, 0.25) is 0 Å². The molecule has 0 aromatic heterocycles. The molecule has 4 rings (SSSR count). The number of benzene rings is 1. The number of carbonyl (C=O) groups is 2. The molecule has 1 amide bonds. The van der Waals surface area contributed by atoms with Crippen LogP contribution >= 0.6 is 0 Å². The van der Waals surface area contributed by atoms with Crippen LogP contribution in [0.3, 0.4) is 0 Å². The van der Waals surface area contributed by atoms with Gasteiger partial charge in [0.15, 0.2) is 6.04 Å². The van der Waals surface area contributed by atoms with Crippen LogP contribution in [0.15, 0.2) is 24.3 Å². The Morgan fingerprint density at radius 1 is 1.32 bits per heavy atom. The maximum atomic E-state index is 12.9. The molecule has 2 aliphatic carbocycles. The van der Waals surface area contributed by atoms with E-state index in [1.165, 1.54) is 16.0 Å².